The van der Waals surface area contributed by atoms with Gasteiger partial charge in [0.15, 0.2) is 24.6 Å². The van der Waals surface area contributed by atoms with Gasteiger partial charge in [0.25, 0.3) is 0 Å². The Labute approximate surface area is 270 Å². The Hall–Kier alpha value is -2.89. The average molecular weight is 648 g/mol. The highest BCUT2D eigenvalue weighted by Crippen LogP contribution is 2.70. The van der Waals surface area contributed by atoms with Crippen LogP contribution in [-0.4, -0.2) is 73.3 Å². The van der Waals surface area contributed by atoms with E-state index in [-0.39, 0.29) is 29.3 Å². The van der Waals surface area contributed by atoms with Gasteiger partial charge in [-0.25, -0.2) is 0 Å². The number of azide groups is 1. The first kappa shape index (κ1) is 34.4. The minimum absolute atomic E-state index is 0.0118. The molecule has 0 bridgehead atoms. The van der Waals surface area contributed by atoms with Crippen LogP contribution in [0, 0.1) is 34.5 Å². The van der Waals surface area contributed by atoms with E-state index in [2.05, 4.69) is 23.9 Å². The number of fused-ring (bicyclic) bond motifs is 5. The first-order valence-corrected chi connectivity index (χ1v) is 16.7. The molecule has 1 aliphatic heterocycles. The van der Waals surface area contributed by atoms with E-state index in [0.717, 1.165) is 44.9 Å². The van der Waals surface area contributed by atoms with Crippen molar-refractivity contribution < 1.29 is 47.6 Å². The molecule has 0 aromatic carbocycles. The molecule has 0 aromatic heterocycles. The highest BCUT2D eigenvalue weighted by atomic mass is 16.7. The van der Waals surface area contributed by atoms with Crippen molar-refractivity contribution in [1.29, 1.82) is 0 Å². The van der Waals surface area contributed by atoms with E-state index in [9.17, 15) is 24.7 Å². The summed E-state index contributed by atoms with van der Waals surface area (Å²) in [5, 5.41) is 4.57. The van der Waals surface area contributed by atoms with Gasteiger partial charge in [0.1, 0.15) is 0 Å². The number of nitrogens with zero attached hydrogens (tertiary/aromatic N) is 3. The average Bonchev–Trinajstić information content (AvgIpc) is 3.29. The molecule has 1 saturated heterocycles. The van der Waals surface area contributed by atoms with Crippen LogP contribution in [-0.2, 0) is 47.6 Å². The minimum atomic E-state index is -1.13. The number of rotatable bonds is 7. The molecule has 4 saturated carbocycles. The molecule has 256 valence electrons. The Bertz CT molecular complexity index is 1270. The van der Waals surface area contributed by atoms with Crippen molar-refractivity contribution in [2.45, 2.75) is 142 Å². The highest BCUT2D eigenvalue weighted by molar-refractivity contribution is 5.74. The van der Waals surface area contributed by atoms with Crippen LogP contribution in [0.25, 0.3) is 10.4 Å². The van der Waals surface area contributed by atoms with Gasteiger partial charge < -0.3 is 28.4 Å². The summed E-state index contributed by atoms with van der Waals surface area (Å²) in [6, 6.07) is 0. The summed E-state index contributed by atoms with van der Waals surface area (Å²) in [5.41, 5.74) is 8.70. The lowest BCUT2D eigenvalue weighted by Gasteiger charge is -2.64. The van der Waals surface area contributed by atoms with Crippen LogP contribution in [0.5, 0.6) is 0 Å². The molecule has 13 nitrogen and oxygen atoms in total. The molecule has 5 fully saturated rings. The van der Waals surface area contributed by atoms with Gasteiger partial charge in [-0.05, 0) is 98.8 Å². The third-order valence-corrected chi connectivity index (χ3v) is 12.5. The molecule has 0 aromatic rings. The molecule has 0 spiro atoms. The van der Waals surface area contributed by atoms with E-state index in [0.29, 0.717) is 24.7 Å². The van der Waals surface area contributed by atoms with Crippen molar-refractivity contribution in [1.82, 2.24) is 0 Å². The molecule has 1 unspecified atom stereocenters. The molecule has 13 heteroatoms. The third-order valence-electron chi connectivity index (χ3n) is 12.5. The Balaban J connectivity index is 1.35. The van der Waals surface area contributed by atoms with Crippen molar-refractivity contribution in [3.63, 3.8) is 0 Å². The summed E-state index contributed by atoms with van der Waals surface area (Å²) in [5.74, 6) is -1.45. The smallest absolute Gasteiger partial charge is 0.309 e. The summed E-state index contributed by atoms with van der Waals surface area (Å²) < 4.78 is 34.5. The monoisotopic (exact) mass is 647 g/mol. The second kappa shape index (κ2) is 13.0. The SMILES string of the molecule is COC(=O)[C@H]1CC[C@]2(N=[N+]=[N-])[C@@H]3CCC4C[C@@H](O[C@@H]5O[C@@H](C)[C@H](OC(C)=O)[C@@H](OC(C)=O)[C@H]5OC(C)=O)CC[C@]4(C)[C@H]3CC[C@]12C. The van der Waals surface area contributed by atoms with E-state index in [1.165, 1.54) is 27.9 Å². The standard InChI is InChI=1S/C33H49N3O10/c1-17-26(43-18(2)37)27(44-19(3)38)28(45-20(4)39)30(42-17)46-22-10-13-31(5)21(16-22)8-9-24-23(31)11-14-32(6)25(29(40)41-7)12-15-33(24,32)35-36-34/h17,21-28,30H,8-16H2,1-7H3/t17-,21?,22-,23-,24+,25+,26-,27+,28+,30-,31-,32+,33-/m0/s1. The summed E-state index contributed by atoms with van der Waals surface area (Å²) in [4.78, 5) is 52.3. The quantitative estimate of drug-likeness (QED) is 0.0895. The fourth-order valence-corrected chi connectivity index (χ4v) is 10.4. The van der Waals surface area contributed by atoms with E-state index < -0.39 is 59.6 Å². The maximum absolute atomic E-state index is 12.9. The minimum Gasteiger partial charge on any atom is -0.469 e. The Morgan fingerprint density at radius 1 is 0.826 bits per heavy atom. The number of hydrogen-bond donors (Lipinski definition) is 0. The zero-order valence-electron chi connectivity index (χ0n) is 28.1. The number of methoxy groups -OCH3 is 1. The van der Waals surface area contributed by atoms with Crippen LogP contribution in [0.15, 0.2) is 5.11 Å². The largest absolute Gasteiger partial charge is 0.469 e. The lowest BCUT2D eigenvalue weighted by atomic mass is 9.42. The van der Waals surface area contributed by atoms with Crippen LogP contribution in [0.2, 0.25) is 0 Å². The van der Waals surface area contributed by atoms with Crippen LogP contribution in [0.3, 0.4) is 0 Å². The topological polar surface area (TPSA) is 172 Å². The van der Waals surface area contributed by atoms with Crippen molar-refractivity contribution in [3.05, 3.63) is 10.4 Å². The molecule has 46 heavy (non-hydrogen) atoms. The normalized spacial score (nSPS) is 44.7. The summed E-state index contributed by atoms with van der Waals surface area (Å²) >= 11 is 0. The van der Waals surface area contributed by atoms with Gasteiger partial charge in [-0.1, -0.05) is 19.0 Å². The second-order valence-electron chi connectivity index (χ2n) is 14.6. The van der Waals surface area contributed by atoms with E-state index in [1.54, 1.807) is 6.92 Å². The number of ether oxygens (including phenoxy) is 6. The van der Waals surface area contributed by atoms with Gasteiger partial charge in [0, 0.05) is 25.7 Å². The van der Waals surface area contributed by atoms with Crippen molar-refractivity contribution in [2.75, 3.05) is 7.11 Å². The van der Waals surface area contributed by atoms with Gasteiger partial charge in [0.2, 0.25) is 0 Å². The Kier molecular flexibility index (Phi) is 9.70. The first-order valence-electron chi connectivity index (χ1n) is 16.7. The number of carbonyl (C=O) groups is 4. The zero-order valence-corrected chi connectivity index (χ0v) is 28.1. The second-order valence-corrected chi connectivity index (χ2v) is 14.6. The number of hydrogen-bond acceptors (Lipinski definition) is 11. The molecule has 5 rings (SSSR count). The molecule has 1 heterocycles. The summed E-state index contributed by atoms with van der Waals surface area (Å²) in [6.07, 6.45) is 2.18. The van der Waals surface area contributed by atoms with E-state index in [1.807, 2.05) is 0 Å². The predicted octanol–water partition coefficient (Wildman–Crippen LogP) is 5.18. The van der Waals surface area contributed by atoms with Crippen LogP contribution < -0.4 is 0 Å². The fourth-order valence-electron chi connectivity index (χ4n) is 10.4. The molecule has 13 atom stereocenters. The number of carbonyl (C=O) groups excluding carboxylic acids is 4. The van der Waals surface area contributed by atoms with Crippen molar-refractivity contribution >= 4 is 23.9 Å². The molecule has 4 aliphatic carbocycles. The molecule has 0 N–H and O–H groups in total. The fraction of sp³-hybridized carbons (Fsp3) is 0.879. The summed E-state index contributed by atoms with van der Waals surface area (Å²) in [6.45, 7) is 9.94. The zero-order chi connectivity index (χ0) is 33.6. The third kappa shape index (κ3) is 5.76. The van der Waals surface area contributed by atoms with Crippen molar-refractivity contribution in [3.8, 4) is 0 Å². The van der Waals surface area contributed by atoms with E-state index in [4.69, 9.17) is 28.4 Å². The molecule has 0 amide bonds. The van der Waals surface area contributed by atoms with Gasteiger partial charge >= 0.3 is 23.9 Å². The van der Waals surface area contributed by atoms with Crippen LogP contribution in [0.4, 0.5) is 0 Å². The Morgan fingerprint density at radius 3 is 2.11 bits per heavy atom. The van der Waals surface area contributed by atoms with Gasteiger partial charge in [0.05, 0.1) is 30.8 Å². The Morgan fingerprint density at radius 2 is 1.48 bits per heavy atom. The van der Waals surface area contributed by atoms with Crippen molar-refractivity contribution in [2.24, 2.45) is 39.6 Å². The van der Waals surface area contributed by atoms with Crippen LogP contribution >= 0.6 is 0 Å². The highest BCUT2D eigenvalue weighted by Gasteiger charge is 2.69. The van der Waals surface area contributed by atoms with Gasteiger partial charge in [-0.2, -0.15) is 0 Å². The first-order chi connectivity index (χ1) is 21.7. The lowest BCUT2D eigenvalue weighted by Crippen LogP contribution is -2.63. The van der Waals surface area contributed by atoms with E-state index >= 15 is 0 Å². The van der Waals surface area contributed by atoms with Gasteiger partial charge in [-0.15, -0.1) is 0 Å². The lowest BCUT2D eigenvalue weighted by molar-refractivity contribution is -0.315. The maximum Gasteiger partial charge on any atom is 0.309 e. The number of esters is 4. The molecule has 0 radical (unpaired) electrons. The molecular formula is C33H49N3O10. The predicted molar refractivity (Wildman–Crippen MR) is 161 cm³/mol. The molecular weight excluding hydrogens is 598 g/mol. The molecule has 5 aliphatic rings. The summed E-state index contributed by atoms with van der Waals surface area (Å²) in [7, 11) is 1.43. The van der Waals surface area contributed by atoms with Gasteiger partial charge in [-0.3, -0.25) is 19.2 Å². The maximum atomic E-state index is 12.9. The van der Waals surface area contributed by atoms with Crippen LogP contribution in [0.1, 0.15) is 99.3 Å².